The summed E-state index contributed by atoms with van der Waals surface area (Å²) in [6, 6.07) is 0.134. The average molecular weight is 214 g/mol. The van der Waals surface area contributed by atoms with E-state index in [2.05, 4.69) is 30.7 Å². The Kier molecular flexibility index (Phi) is 3.73. The first-order valence-electron chi connectivity index (χ1n) is 5.46. The van der Waals surface area contributed by atoms with Gasteiger partial charge in [-0.05, 0) is 40.9 Å². The van der Waals surface area contributed by atoms with Crippen molar-refractivity contribution in [1.29, 1.82) is 0 Å². The Bertz CT molecular complexity index is 241. The van der Waals surface area contributed by atoms with E-state index in [1.54, 1.807) is 0 Å². The summed E-state index contributed by atoms with van der Waals surface area (Å²) in [4.78, 5) is 15.2. The van der Waals surface area contributed by atoms with Crippen molar-refractivity contribution in [3.8, 4) is 0 Å². The van der Waals surface area contributed by atoms with Crippen LogP contribution in [0.1, 0.15) is 26.7 Å². The molecule has 0 radical (unpaired) electrons. The molecular weight excluding hydrogens is 192 g/mol. The molecule has 15 heavy (non-hydrogen) atoms. The average Bonchev–Trinajstić information content (AvgIpc) is 2.18. The highest BCUT2D eigenvalue weighted by Crippen LogP contribution is 2.23. The molecule has 1 heterocycles. The van der Waals surface area contributed by atoms with E-state index in [-0.39, 0.29) is 18.0 Å². The van der Waals surface area contributed by atoms with Gasteiger partial charge in [-0.1, -0.05) is 0 Å². The smallest absolute Gasteiger partial charge is 0.304 e. The van der Waals surface area contributed by atoms with Gasteiger partial charge in [0.05, 0.1) is 6.42 Å². The van der Waals surface area contributed by atoms with Crippen LogP contribution in [0.15, 0.2) is 0 Å². The molecule has 4 nitrogen and oxygen atoms in total. The molecule has 1 N–H and O–H groups in total. The summed E-state index contributed by atoms with van der Waals surface area (Å²) in [7, 11) is 4.09. The standard InChI is InChI=1S/C11H22N2O2/c1-11(2)5-6-12(3)9(7-10(14)15)8-13(11)4/h9H,5-8H2,1-4H3,(H,14,15). The van der Waals surface area contributed by atoms with Crippen molar-refractivity contribution in [2.45, 2.75) is 38.3 Å². The topological polar surface area (TPSA) is 43.8 Å². The van der Waals surface area contributed by atoms with Crippen LogP contribution in [-0.2, 0) is 4.79 Å². The fourth-order valence-corrected chi connectivity index (χ4v) is 1.95. The summed E-state index contributed by atoms with van der Waals surface area (Å²) in [6.07, 6.45) is 1.31. The van der Waals surface area contributed by atoms with Crippen LogP contribution in [-0.4, -0.2) is 59.6 Å². The second kappa shape index (κ2) is 4.49. The Morgan fingerprint density at radius 3 is 2.60 bits per heavy atom. The van der Waals surface area contributed by atoms with Gasteiger partial charge in [0.1, 0.15) is 0 Å². The molecule has 1 atom stereocenters. The maximum absolute atomic E-state index is 10.7. The Hall–Kier alpha value is -0.610. The van der Waals surface area contributed by atoms with E-state index in [1.165, 1.54) is 0 Å². The lowest BCUT2D eigenvalue weighted by molar-refractivity contribution is -0.138. The van der Waals surface area contributed by atoms with Crippen LogP contribution in [0.5, 0.6) is 0 Å². The van der Waals surface area contributed by atoms with Gasteiger partial charge in [0.15, 0.2) is 0 Å². The number of hydrogen-bond donors (Lipinski definition) is 1. The summed E-state index contributed by atoms with van der Waals surface area (Å²) in [5.74, 6) is -0.708. The second-order valence-electron chi connectivity index (χ2n) is 5.18. The molecule has 1 rings (SSSR count). The normalized spacial score (nSPS) is 28.7. The lowest BCUT2D eigenvalue weighted by Crippen LogP contribution is -2.44. The Balaban J connectivity index is 2.70. The zero-order valence-corrected chi connectivity index (χ0v) is 10.2. The van der Waals surface area contributed by atoms with E-state index in [9.17, 15) is 4.79 Å². The second-order valence-corrected chi connectivity index (χ2v) is 5.18. The van der Waals surface area contributed by atoms with Gasteiger partial charge in [-0.25, -0.2) is 0 Å². The van der Waals surface area contributed by atoms with E-state index in [1.807, 2.05) is 7.05 Å². The van der Waals surface area contributed by atoms with Crippen molar-refractivity contribution >= 4 is 5.97 Å². The van der Waals surface area contributed by atoms with Crippen molar-refractivity contribution in [3.05, 3.63) is 0 Å². The maximum Gasteiger partial charge on any atom is 0.304 e. The minimum absolute atomic E-state index is 0.134. The number of carboxylic acid groups (broad SMARTS) is 1. The van der Waals surface area contributed by atoms with E-state index in [4.69, 9.17) is 5.11 Å². The van der Waals surface area contributed by atoms with Crippen LogP contribution in [0.4, 0.5) is 0 Å². The Morgan fingerprint density at radius 2 is 2.07 bits per heavy atom. The van der Waals surface area contributed by atoms with Gasteiger partial charge in [-0.2, -0.15) is 0 Å². The number of rotatable bonds is 2. The molecule has 0 aliphatic carbocycles. The highest BCUT2D eigenvalue weighted by atomic mass is 16.4. The number of carbonyl (C=O) groups is 1. The molecule has 0 amide bonds. The first-order valence-corrected chi connectivity index (χ1v) is 5.46. The van der Waals surface area contributed by atoms with Gasteiger partial charge in [0.25, 0.3) is 0 Å². The highest BCUT2D eigenvalue weighted by Gasteiger charge is 2.32. The van der Waals surface area contributed by atoms with Crippen LogP contribution in [0.25, 0.3) is 0 Å². The van der Waals surface area contributed by atoms with Crippen molar-refractivity contribution in [3.63, 3.8) is 0 Å². The third kappa shape index (κ3) is 3.18. The largest absolute Gasteiger partial charge is 0.481 e. The molecule has 1 aliphatic rings. The lowest BCUT2D eigenvalue weighted by Gasteiger charge is -2.34. The number of nitrogens with zero attached hydrogens (tertiary/aromatic N) is 2. The van der Waals surface area contributed by atoms with Gasteiger partial charge < -0.3 is 10.0 Å². The Morgan fingerprint density at radius 1 is 1.47 bits per heavy atom. The first kappa shape index (κ1) is 12.5. The summed E-state index contributed by atoms with van der Waals surface area (Å²) >= 11 is 0. The molecule has 0 aromatic heterocycles. The predicted molar refractivity (Wildman–Crippen MR) is 60.0 cm³/mol. The summed E-state index contributed by atoms with van der Waals surface area (Å²) in [6.45, 7) is 6.22. The van der Waals surface area contributed by atoms with Crippen molar-refractivity contribution in [2.24, 2.45) is 0 Å². The first-order chi connectivity index (χ1) is 6.83. The lowest BCUT2D eigenvalue weighted by atomic mass is 9.99. The van der Waals surface area contributed by atoms with E-state index in [0.717, 1.165) is 19.5 Å². The fourth-order valence-electron chi connectivity index (χ4n) is 1.95. The van der Waals surface area contributed by atoms with Crippen LogP contribution in [0.3, 0.4) is 0 Å². The number of likely N-dealkylation sites (N-methyl/N-ethyl adjacent to an activating group) is 2. The minimum atomic E-state index is -0.708. The summed E-state index contributed by atoms with van der Waals surface area (Å²) < 4.78 is 0. The zero-order valence-electron chi connectivity index (χ0n) is 10.2. The number of hydrogen-bond acceptors (Lipinski definition) is 3. The SMILES string of the molecule is CN1CCC(C)(C)N(C)CC1CC(=O)O. The molecule has 1 aliphatic heterocycles. The minimum Gasteiger partial charge on any atom is -0.481 e. The van der Waals surface area contributed by atoms with Gasteiger partial charge in [0, 0.05) is 18.1 Å². The predicted octanol–water partition coefficient (Wildman–Crippen LogP) is 0.876. The summed E-state index contributed by atoms with van der Waals surface area (Å²) in [5.41, 5.74) is 0.168. The van der Waals surface area contributed by atoms with Crippen LogP contribution in [0, 0.1) is 0 Å². The van der Waals surface area contributed by atoms with Crippen LogP contribution >= 0.6 is 0 Å². The van der Waals surface area contributed by atoms with E-state index in [0.29, 0.717) is 0 Å². The number of aliphatic carboxylic acids is 1. The molecule has 88 valence electrons. The quantitative estimate of drug-likeness (QED) is 0.741. The van der Waals surface area contributed by atoms with Gasteiger partial charge in [0.2, 0.25) is 0 Å². The molecule has 1 saturated heterocycles. The van der Waals surface area contributed by atoms with Gasteiger partial charge in [-0.15, -0.1) is 0 Å². The van der Waals surface area contributed by atoms with Crippen molar-refractivity contribution in [2.75, 3.05) is 27.2 Å². The molecule has 0 bridgehead atoms. The number of carboxylic acids is 1. The molecule has 1 unspecified atom stereocenters. The molecule has 0 spiro atoms. The third-order valence-electron chi connectivity index (χ3n) is 3.63. The maximum atomic E-state index is 10.7. The zero-order chi connectivity index (χ0) is 11.6. The molecular formula is C11H22N2O2. The molecule has 4 heteroatoms. The van der Waals surface area contributed by atoms with E-state index >= 15 is 0 Å². The molecule has 1 fully saturated rings. The monoisotopic (exact) mass is 214 g/mol. The highest BCUT2D eigenvalue weighted by molar-refractivity contribution is 5.67. The van der Waals surface area contributed by atoms with E-state index < -0.39 is 5.97 Å². The van der Waals surface area contributed by atoms with Crippen molar-refractivity contribution < 1.29 is 9.90 Å². The van der Waals surface area contributed by atoms with Crippen LogP contribution in [0.2, 0.25) is 0 Å². The van der Waals surface area contributed by atoms with Gasteiger partial charge in [-0.3, -0.25) is 9.69 Å². The van der Waals surface area contributed by atoms with Crippen molar-refractivity contribution in [1.82, 2.24) is 9.80 Å². The Labute approximate surface area is 91.9 Å². The molecule has 0 saturated carbocycles. The molecule has 0 aromatic carbocycles. The third-order valence-corrected chi connectivity index (χ3v) is 3.63. The van der Waals surface area contributed by atoms with Gasteiger partial charge >= 0.3 is 5.97 Å². The van der Waals surface area contributed by atoms with Crippen LogP contribution < -0.4 is 0 Å². The summed E-state index contributed by atoms with van der Waals surface area (Å²) in [5, 5.41) is 8.85. The molecule has 0 aromatic rings. The fraction of sp³-hybridized carbons (Fsp3) is 0.909.